The number of nitrogens with one attached hydrogen (secondary N) is 1. The summed E-state index contributed by atoms with van der Waals surface area (Å²) in [4.78, 5) is 14.0. The van der Waals surface area contributed by atoms with Gasteiger partial charge >= 0.3 is 0 Å². The highest BCUT2D eigenvalue weighted by atomic mass is 15.4. The van der Waals surface area contributed by atoms with Gasteiger partial charge in [0.2, 0.25) is 0 Å². The van der Waals surface area contributed by atoms with E-state index in [0.29, 0.717) is 6.04 Å². The van der Waals surface area contributed by atoms with Gasteiger partial charge in [-0.15, -0.1) is 0 Å². The standard InChI is InChI=1S/C24H30N5/c1-5-13-25-21(9-1)17-29(18-22-10-2-6-14-26-22,19-23-11-3-7-15-27-23)20-24-12-4-8-16-28-24/h1-3,5-7,9-11,13-15,24,28H,4,8,12,16-20H2/q+1/t24-/m0/s1. The van der Waals surface area contributed by atoms with E-state index in [1.807, 2.05) is 36.8 Å². The predicted molar refractivity (Wildman–Crippen MR) is 115 cm³/mol. The predicted octanol–water partition coefficient (Wildman–Crippen LogP) is 3.73. The van der Waals surface area contributed by atoms with Crippen LogP contribution in [-0.2, 0) is 19.6 Å². The van der Waals surface area contributed by atoms with E-state index in [2.05, 4.69) is 56.7 Å². The van der Waals surface area contributed by atoms with Gasteiger partial charge in [0.25, 0.3) is 0 Å². The molecule has 0 spiro atoms. The van der Waals surface area contributed by atoms with E-state index < -0.39 is 0 Å². The SMILES string of the molecule is c1ccc(C[N+](Cc2ccccn2)(Cc2ccccn2)C[C@@H]2CCCCN2)nc1. The van der Waals surface area contributed by atoms with E-state index in [9.17, 15) is 0 Å². The van der Waals surface area contributed by atoms with E-state index in [1.54, 1.807) is 0 Å². The van der Waals surface area contributed by atoms with E-state index >= 15 is 0 Å². The quantitative estimate of drug-likeness (QED) is 0.598. The molecule has 0 radical (unpaired) electrons. The van der Waals surface area contributed by atoms with Crippen LogP contribution in [0.2, 0.25) is 0 Å². The maximum Gasteiger partial charge on any atom is 0.122 e. The molecular weight excluding hydrogens is 358 g/mol. The highest BCUT2D eigenvalue weighted by Crippen LogP contribution is 2.25. The fourth-order valence-electron chi connectivity index (χ4n) is 4.41. The lowest BCUT2D eigenvalue weighted by atomic mass is 10.0. The molecule has 0 aromatic carbocycles. The van der Waals surface area contributed by atoms with Gasteiger partial charge in [-0.2, -0.15) is 0 Å². The number of hydrogen-bond acceptors (Lipinski definition) is 4. The van der Waals surface area contributed by atoms with Crippen molar-refractivity contribution in [2.75, 3.05) is 13.1 Å². The number of quaternary nitrogens is 1. The average Bonchev–Trinajstić information content (AvgIpc) is 2.76. The Labute approximate surface area is 173 Å². The first-order chi connectivity index (χ1) is 14.3. The third-order valence-corrected chi connectivity index (χ3v) is 5.69. The van der Waals surface area contributed by atoms with Crippen molar-refractivity contribution in [1.29, 1.82) is 0 Å². The lowest BCUT2D eigenvalue weighted by Crippen LogP contribution is -2.54. The van der Waals surface area contributed by atoms with Crippen LogP contribution in [0, 0.1) is 0 Å². The Kier molecular flexibility index (Phi) is 6.60. The van der Waals surface area contributed by atoms with Crippen LogP contribution in [0.3, 0.4) is 0 Å². The number of piperidine rings is 1. The normalized spacial score (nSPS) is 17.2. The Bertz CT molecular complexity index is 747. The van der Waals surface area contributed by atoms with Crippen molar-refractivity contribution < 1.29 is 4.48 Å². The van der Waals surface area contributed by atoms with Gasteiger partial charge in [-0.3, -0.25) is 15.0 Å². The number of pyridine rings is 3. The van der Waals surface area contributed by atoms with Crippen LogP contribution in [0.5, 0.6) is 0 Å². The molecule has 1 saturated heterocycles. The molecule has 0 aliphatic carbocycles. The molecule has 1 aliphatic rings. The van der Waals surface area contributed by atoms with E-state index in [4.69, 9.17) is 0 Å². The summed E-state index contributed by atoms with van der Waals surface area (Å²) in [6, 6.07) is 19.1. The summed E-state index contributed by atoms with van der Waals surface area (Å²) in [5, 5.41) is 3.75. The molecule has 0 bridgehead atoms. The number of aromatic nitrogens is 3. The van der Waals surface area contributed by atoms with Crippen LogP contribution in [0.25, 0.3) is 0 Å². The maximum atomic E-state index is 4.66. The minimum atomic E-state index is 0.514. The minimum absolute atomic E-state index is 0.514. The van der Waals surface area contributed by atoms with Crippen LogP contribution < -0.4 is 5.32 Å². The third kappa shape index (κ3) is 5.68. The van der Waals surface area contributed by atoms with Crippen LogP contribution >= 0.6 is 0 Å². The molecule has 5 heteroatoms. The zero-order valence-electron chi connectivity index (χ0n) is 17.0. The first-order valence-corrected chi connectivity index (χ1v) is 10.6. The average molecular weight is 389 g/mol. The molecular formula is C24H30N5+. The summed E-state index contributed by atoms with van der Waals surface area (Å²) >= 11 is 0. The highest BCUT2D eigenvalue weighted by molar-refractivity contribution is 5.06. The van der Waals surface area contributed by atoms with Crippen molar-refractivity contribution in [3.8, 4) is 0 Å². The number of rotatable bonds is 8. The monoisotopic (exact) mass is 388 g/mol. The molecule has 3 aromatic rings. The van der Waals surface area contributed by atoms with Gasteiger partial charge in [0.15, 0.2) is 0 Å². The Balaban J connectivity index is 1.69. The summed E-state index contributed by atoms with van der Waals surface area (Å²) in [6.45, 7) is 4.76. The maximum absolute atomic E-state index is 4.66. The van der Waals surface area contributed by atoms with Crippen molar-refractivity contribution in [2.45, 2.75) is 44.9 Å². The molecule has 0 amide bonds. The first kappa shape index (κ1) is 19.7. The van der Waals surface area contributed by atoms with E-state index in [1.165, 1.54) is 19.3 Å². The van der Waals surface area contributed by atoms with Crippen LogP contribution in [0.4, 0.5) is 0 Å². The zero-order valence-corrected chi connectivity index (χ0v) is 17.0. The van der Waals surface area contributed by atoms with E-state index in [0.717, 1.165) is 54.3 Å². The van der Waals surface area contributed by atoms with Crippen molar-refractivity contribution >= 4 is 0 Å². The van der Waals surface area contributed by atoms with Gasteiger partial charge in [-0.1, -0.05) is 24.6 Å². The van der Waals surface area contributed by atoms with Gasteiger partial charge in [0.05, 0.1) is 29.7 Å². The molecule has 4 heterocycles. The Morgan fingerprint density at radius 2 is 1.24 bits per heavy atom. The molecule has 1 atom stereocenters. The van der Waals surface area contributed by atoms with Crippen LogP contribution in [0.15, 0.2) is 73.2 Å². The van der Waals surface area contributed by atoms with Crippen molar-refractivity contribution in [3.05, 3.63) is 90.3 Å². The second kappa shape index (κ2) is 9.72. The first-order valence-electron chi connectivity index (χ1n) is 10.6. The summed E-state index contributed by atoms with van der Waals surface area (Å²) < 4.78 is 0.864. The largest absolute Gasteiger partial charge is 0.309 e. The zero-order chi connectivity index (χ0) is 19.8. The van der Waals surface area contributed by atoms with Crippen LogP contribution in [-0.4, -0.2) is 38.6 Å². The Hall–Kier alpha value is -2.63. The summed E-state index contributed by atoms with van der Waals surface area (Å²) in [5.41, 5.74) is 3.36. The molecule has 4 rings (SSSR count). The van der Waals surface area contributed by atoms with Gasteiger partial charge in [0, 0.05) is 18.6 Å². The lowest BCUT2D eigenvalue weighted by Gasteiger charge is -2.41. The molecule has 5 nitrogen and oxygen atoms in total. The second-order valence-electron chi connectivity index (χ2n) is 8.11. The number of nitrogens with zero attached hydrogens (tertiary/aromatic N) is 4. The minimum Gasteiger partial charge on any atom is -0.309 e. The second-order valence-corrected chi connectivity index (χ2v) is 8.11. The molecule has 0 saturated carbocycles. The van der Waals surface area contributed by atoms with Crippen molar-refractivity contribution in [1.82, 2.24) is 20.3 Å². The van der Waals surface area contributed by atoms with Gasteiger partial charge in [0.1, 0.15) is 19.6 Å². The van der Waals surface area contributed by atoms with Crippen LogP contribution in [0.1, 0.15) is 36.3 Å². The molecule has 0 unspecified atom stereocenters. The smallest absolute Gasteiger partial charge is 0.122 e. The summed E-state index contributed by atoms with van der Waals surface area (Å²) in [7, 11) is 0. The fourth-order valence-corrected chi connectivity index (χ4v) is 4.41. The van der Waals surface area contributed by atoms with Crippen molar-refractivity contribution in [3.63, 3.8) is 0 Å². The van der Waals surface area contributed by atoms with E-state index in [-0.39, 0.29) is 0 Å². The molecule has 1 N–H and O–H groups in total. The van der Waals surface area contributed by atoms with Gasteiger partial charge < -0.3 is 9.80 Å². The lowest BCUT2D eigenvalue weighted by molar-refractivity contribution is -0.968. The summed E-state index contributed by atoms with van der Waals surface area (Å²) in [5.74, 6) is 0. The molecule has 1 aliphatic heterocycles. The third-order valence-electron chi connectivity index (χ3n) is 5.69. The molecule has 3 aromatic heterocycles. The highest BCUT2D eigenvalue weighted by Gasteiger charge is 2.34. The number of hydrogen-bond donors (Lipinski definition) is 1. The van der Waals surface area contributed by atoms with Crippen molar-refractivity contribution in [2.24, 2.45) is 0 Å². The molecule has 150 valence electrons. The molecule has 1 fully saturated rings. The Morgan fingerprint density at radius 1 is 0.724 bits per heavy atom. The van der Waals surface area contributed by atoms with Gasteiger partial charge in [-0.25, -0.2) is 0 Å². The molecule has 29 heavy (non-hydrogen) atoms. The van der Waals surface area contributed by atoms with Gasteiger partial charge in [-0.05, 0) is 55.8 Å². The summed E-state index contributed by atoms with van der Waals surface area (Å²) in [6.07, 6.45) is 9.48. The fraction of sp³-hybridized carbons (Fsp3) is 0.375. The topological polar surface area (TPSA) is 50.7 Å². The Morgan fingerprint density at radius 3 is 1.62 bits per heavy atom.